The number of aryl methyl sites for hydroxylation is 1. The molecule has 4 rings (SSSR count). The minimum Gasteiger partial charge on any atom is -0.356 e. The highest BCUT2D eigenvalue weighted by Gasteiger charge is 2.34. The molecule has 1 aliphatic carbocycles. The third-order valence-electron chi connectivity index (χ3n) is 6.45. The number of anilines is 1. The molecule has 10 heteroatoms. The van der Waals surface area contributed by atoms with E-state index < -0.39 is 11.9 Å². The van der Waals surface area contributed by atoms with E-state index in [1.165, 1.54) is 6.07 Å². The van der Waals surface area contributed by atoms with Gasteiger partial charge in [0.05, 0.1) is 12.2 Å². The van der Waals surface area contributed by atoms with Crippen molar-refractivity contribution in [2.24, 2.45) is 13.0 Å². The van der Waals surface area contributed by atoms with Crippen LogP contribution in [0.2, 0.25) is 0 Å². The molecule has 0 aromatic carbocycles. The fourth-order valence-corrected chi connectivity index (χ4v) is 4.51. The van der Waals surface area contributed by atoms with Gasteiger partial charge in [0.1, 0.15) is 11.5 Å². The Bertz CT molecular complexity index is 965. The summed E-state index contributed by atoms with van der Waals surface area (Å²) in [4.78, 5) is 18.4. The van der Waals surface area contributed by atoms with Gasteiger partial charge >= 0.3 is 12.2 Å². The van der Waals surface area contributed by atoms with Crippen LogP contribution < -0.4 is 15.5 Å². The lowest BCUT2D eigenvalue weighted by molar-refractivity contribution is -0.141. The summed E-state index contributed by atoms with van der Waals surface area (Å²) >= 11 is 0. The average Bonchev–Trinajstić information content (AvgIpc) is 3.14. The average molecular weight is 451 g/mol. The van der Waals surface area contributed by atoms with Gasteiger partial charge in [-0.25, -0.2) is 9.78 Å². The molecule has 1 unspecified atom stereocenters. The Labute approximate surface area is 185 Å². The molecule has 2 amide bonds. The number of carbonyl (C=O) groups is 1. The fraction of sp³-hybridized carbons (Fsp3) is 0.591. The zero-order valence-electron chi connectivity index (χ0n) is 18.4. The van der Waals surface area contributed by atoms with E-state index in [1.807, 2.05) is 16.6 Å². The summed E-state index contributed by atoms with van der Waals surface area (Å²) in [6.45, 7) is 3.55. The van der Waals surface area contributed by atoms with Crippen LogP contribution in [0.25, 0.3) is 0 Å². The van der Waals surface area contributed by atoms with Gasteiger partial charge in [-0.1, -0.05) is 13.0 Å². The Kier molecular flexibility index (Phi) is 6.30. The Morgan fingerprint density at radius 2 is 1.97 bits per heavy atom. The van der Waals surface area contributed by atoms with Crippen molar-refractivity contribution in [2.45, 2.75) is 57.8 Å². The summed E-state index contributed by atoms with van der Waals surface area (Å²) in [5, 5.41) is 10.1. The largest absolute Gasteiger partial charge is 0.433 e. The Hall–Kier alpha value is -2.78. The van der Waals surface area contributed by atoms with Gasteiger partial charge in [-0.2, -0.15) is 18.3 Å². The number of hydrogen-bond donors (Lipinski definition) is 2. The van der Waals surface area contributed by atoms with E-state index in [0.29, 0.717) is 30.4 Å². The molecule has 1 fully saturated rings. The number of alkyl halides is 3. The number of hydrogen-bond acceptors (Lipinski definition) is 4. The molecule has 0 radical (unpaired) electrons. The molecule has 2 aromatic heterocycles. The molecular formula is C22H29F3N6O. The number of fused-ring (bicyclic) bond motifs is 1. The summed E-state index contributed by atoms with van der Waals surface area (Å²) in [6, 6.07) is 1.92. The van der Waals surface area contributed by atoms with Crippen LogP contribution >= 0.6 is 0 Å². The third-order valence-corrected chi connectivity index (χ3v) is 6.45. The maximum atomic E-state index is 13.3. The second-order valence-electron chi connectivity index (χ2n) is 8.79. The number of carbonyl (C=O) groups excluding carboxylic acids is 1. The molecule has 2 aliphatic rings. The molecule has 2 N–H and O–H groups in total. The molecule has 0 bridgehead atoms. The van der Waals surface area contributed by atoms with Crippen molar-refractivity contribution >= 4 is 11.8 Å². The van der Waals surface area contributed by atoms with Crippen molar-refractivity contribution in [2.75, 3.05) is 18.0 Å². The highest BCUT2D eigenvalue weighted by Crippen LogP contribution is 2.32. The van der Waals surface area contributed by atoms with Crippen molar-refractivity contribution in [1.82, 2.24) is 25.4 Å². The van der Waals surface area contributed by atoms with Crippen molar-refractivity contribution in [1.29, 1.82) is 0 Å². The quantitative estimate of drug-likeness (QED) is 0.740. The number of piperidine rings is 1. The minimum absolute atomic E-state index is 0.102. The molecule has 1 saturated heterocycles. The maximum absolute atomic E-state index is 13.3. The SMILES string of the molecule is CC1CCN(c2nc(C(F)(F)F)ccc2CNC(=O)NC2CCCc3c2cnn3C)CC1. The molecule has 1 atom stereocenters. The lowest BCUT2D eigenvalue weighted by Gasteiger charge is -2.33. The topological polar surface area (TPSA) is 75.1 Å². The first-order chi connectivity index (χ1) is 15.2. The summed E-state index contributed by atoms with van der Waals surface area (Å²) < 4.78 is 41.6. The molecule has 32 heavy (non-hydrogen) atoms. The number of pyridine rings is 1. The molecule has 0 saturated carbocycles. The number of halogens is 3. The maximum Gasteiger partial charge on any atom is 0.433 e. The van der Waals surface area contributed by atoms with Gasteiger partial charge in [0.25, 0.3) is 0 Å². The molecular weight excluding hydrogens is 421 g/mol. The van der Waals surface area contributed by atoms with Crippen molar-refractivity contribution in [3.8, 4) is 0 Å². The van der Waals surface area contributed by atoms with Gasteiger partial charge in [-0.05, 0) is 44.1 Å². The molecule has 0 spiro atoms. The van der Waals surface area contributed by atoms with E-state index >= 15 is 0 Å². The molecule has 2 aromatic rings. The summed E-state index contributed by atoms with van der Waals surface area (Å²) in [5.41, 5.74) is 1.81. The minimum atomic E-state index is -4.51. The van der Waals surface area contributed by atoms with Crippen LogP contribution in [0, 0.1) is 5.92 Å². The first-order valence-electron chi connectivity index (χ1n) is 11.1. The van der Waals surface area contributed by atoms with Gasteiger partial charge < -0.3 is 15.5 Å². The zero-order chi connectivity index (χ0) is 22.9. The molecule has 174 valence electrons. The van der Waals surface area contributed by atoms with Crippen molar-refractivity contribution in [3.63, 3.8) is 0 Å². The van der Waals surface area contributed by atoms with E-state index in [2.05, 4.69) is 27.6 Å². The number of nitrogens with zero attached hydrogens (tertiary/aromatic N) is 4. The molecule has 1 aliphatic heterocycles. The predicted molar refractivity (Wildman–Crippen MR) is 114 cm³/mol. The van der Waals surface area contributed by atoms with Crippen LogP contribution in [0.5, 0.6) is 0 Å². The normalized spacial score (nSPS) is 19.5. The van der Waals surface area contributed by atoms with Gasteiger partial charge in [-0.15, -0.1) is 0 Å². The number of amides is 2. The van der Waals surface area contributed by atoms with Gasteiger partial charge in [-0.3, -0.25) is 4.68 Å². The second kappa shape index (κ2) is 8.99. The molecule has 3 heterocycles. The summed E-state index contributed by atoms with van der Waals surface area (Å²) in [7, 11) is 1.89. The van der Waals surface area contributed by atoms with Crippen LogP contribution in [0.15, 0.2) is 18.3 Å². The monoisotopic (exact) mass is 450 g/mol. The van der Waals surface area contributed by atoms with Crippen LogP contribution in [0.4, 0.5) is 23.8 Å². The number of urea groups is 1. The first kappa shape index (κ1) is 22.4. The van der Waals surface area contributed by atoms with E-state index in [4.69, 9.17) is 0 Å². The van der Waals surface area contributed by atoms with Crippen LogP contribution in [-0.2, 0) is 26.2 Å². The van der Waals surface area contributed by atoms with E-state index in [9.17, 15) is 18.0 Å². The summed E-state index contributed by atoms with van der Waals surface area (Å²) in [5.74, 6) is 0.844. The number of nitrogens with one attached hydrogen (secondary N) is 2. The van der Waals surface area contributed by atoms with Crippen LogP contribution in [-0.4, -0.2) is 33.9 Å². The smallest absolute Gasteiger partial charge is 0.356 e. The number of aromatic nitrogens is 3. The highest BCUT2D eigenvalue weighted by atomic mass is 19.4. The zero-order valence-corrected chi connectivity index (χ0v) is 18.4. The Morgan fingerprint density at radius 1 is 1.22 bits per heavy atom. The van der Waals surface area contributed by atoms with E-state index in [1.54, 1.807) is 6.20 Å². The Morgan fingerprint density at radius 3 is 2.69 bits per heavy atom. The molecule has 7 nitrogen and oxygen atoms in total. The van der Waals surface area contributed by atoms with Crippen molar-refractivity contribution in [3.05, 3.63) is 40.8 Å². The second-order valence-corrected chi connectivity index (χ2v) is 8.79. The number of rotatable bonds is 4. The first-order valence-corrected chi connectivity index (χ1v) is 11.1. The van der Waals surface area contributed by atoms with Gasteiger partial charge in [0.2, 0.25) is 0 Å². The van der Waals surface area contributed by atoms with Crippen molar-refractivity contribution < 1.29 is 18.0 Å². The third kappa shape index (κ3) is 4.83. The lowest BCUT2D eigenvalue weighted by Crippen LogP contribution is -2.39. The predicted octanol–water partition coefficient (Wildman–Crippen LogP) is 3.95. The standard InChI is InChI=1S/C22H29F3N6O/c1-14-8-10-31(11-9-14)20-15(6-7-19(29-20)22(23,24)25)12-26-21(32)28-17-4-3-5-18-16(17)13-27-30(18)2/h6-7,13-14,17H,3-5,8-12H2,1-2H3,(H2,26,28,32). The Balaban J connectivity index is 1.46. The van der Waals surface area contributed by atoms with Crippen LogP contribution in [0.1, 0.15) is 61.2 Å². The lowest BCUT2D eigenvalue weighted by atomic mass is 9.93. The highest BCUT2D eigenvalue weighted by molar-refractivity contribution is 5.74. The fourth-order valence-electron chi connectivity index (χ4n) is 4.51. The van der Waals surface area contributed by atoms with Gasteiger partial charge in [0.15, 0.2) is 0 Å². The summed E-state index contributed by atoms with van der Waals surface area (Å²) in [6.07, 6.45) is 1.79. The van der Waals surface area contributed by atoms with E-state index in [0.717, 1.165) is 49.4 Å². The van der Waals surface area contributed by atoms with E-state index in [-0.39, 0.29) is 18.6 Å². The van der Waals surface area contributed by atoms with Crippen LogP contribution in [0.3, 0.4) is 0 Å². The van der Waals surface area contributed by atoms with Gasteiger partial charge in [0, 0.05) is 43.5 Å².